The van der Waals surface area contributed by atoms with Crippen LogP contribution in [0.1, 0.15) is 27.4 Å². The van der Waals surface area contributed by atoms with E-state index in [4.69, 9.17) is 0 Å². The van der Waals surface area contributed by atoms with Gasteiger partial charge in [-0.3, -0.25) is 9.69 Å². The number of carbonyl (C=O) groups is 1. The van der Waals surface area contributed by atoms with E-state index >= 15 is 0 Å². The molecule has 1 N–H and O–H groups in total. The maximum Gasteiger partial charge on any atom is 0.416 e. The highest BCUT2D eigenvalue weighted by Crippen LogP contribution is 2.29. The van der Waals surface area contributed by atoms with Crippen LogP contribution in [0.5, 0.6) is 0 Å². The molecule has 0 aliphatic rings. The highest BCUT2D eigenvalue weighted by Gasteiger charge is 2.29. The molecule has 0 radical (unpaired) electrons. The van der Waals surface area contributed by atoms with Crippen molar-refractivity contribution in [1.29, 1.82) is 0 Å². The van der Waals surface area contributed by atoms with E-state index < -0.39 is 11.7 Å². The fourth-order valence-corrected chi connectivity index (χ4v) is 3.71. The lowest BCUT2D eigenvalue weighted by molar-refractivity contribution is -0.137. The van der Waals surface area contributed by atoms with E-state index in [1.165, 1.54) is 23.5 Å². The van der Waals surface area contributed by atoms with Crippen molar-refractivity contribution in [2.45, 2.75) is 32.6 Å². The second-order valence-electron chi connectivity index (χ2n) is 7.19. The number of rotatable bonds is 7. The minimum Gasteiger partial charge on any atom is -0.326 e. The molecule has 4 nitrogen and oxygen atoms in total. The van der Waals surface area contributed by atoms with Gasteiger partial charge in [-0.1, -0.05) is 29.8 Å². The number of halogens is 3. The van der Waals surface area contributed by atoms with Crippen LogP contribution in [0.2, 0.25) is 0 Å². The van der Waals surface area contributed by atoms with Gasteiger partial charge in [0.05, 0.1) is 17.7 Å². The number of anilines is 1. The van der Waals surface area contributed by atoms with Crippen molar-refractivity contribution in [2.24, 2.45) is 0 Å². The van der Waals surface area contributed by atoms with Crippen molar-refractivity contribution < 1.29 is 18.0 Å². The summed E-state index contributed by atoms with van der Waals surface area (Å²) in [4.78, 5) is 18.7. The number of aryl methyl sites for hydroxylation is 1. The predicted octanol–water partition coefficient (Wildman–Crippen LogP) is 5.28. The summed E-state index contributed by atoms with van der Waals surface area (Å²) in [7, 11) is 1.88. The summed E-state index contributed by atoms with van der Waals surface area (Å²) >= 11 is 1.42. The molecule has 8 heteroatoms. The lowest BCUT2D eigenvalue weighted by atomic mass is 10.1. The summed E-state index contributed by atoms with van der Waals surface area (Å²) in [5.41, 5.74) is 2.84. The number of nitrogens with one attached hydrogen (secondary N) is 1. The van der Waals surface area contributed by atoms with Gasteiger partial charge in [0.1, 0.15) is 5.01 Å². The SMILES string of the molecule is Cc1ccc(NC(=O)Cc2nc(CN(C)Cc3ccc(C(F)(F)F)cc3)cs2)cc1. The Balaban J connectivity index is 1.50. The third-order valence-electron chi connectivity index (χ3n) is 4.41. The predicted molar refractivity (Wildman–Crippen MR) is 112 cm³/mol. The summed E-state index contributed by atoms with van der Waals surface area (Å²) in [5.74, 6) is -0.127. The van der Waals surface area contributed by atoms with Gasteiger partial charge < -0.3 is 5.32 Å². The first-order valence-corrected chi connectivity index (χ1v) is 10.2. The molecule has 3 rings (SSSR count). The molecule has 30 heavy (non-hydrogen) atoms. The number of alkyl halides is 3. The minimum atomic E-state index is -4.33. The molecule has 0 atom stereocenters. The van der Waals surface area contributed by atoms with Crippen LogP contribution < -0.4 is 5.32 Å². The Labute approximate surface area is 177 Å². The van der Waals surface area contributed by atoms with E-state index in [0.29, 0.717) is 13.1 Å². The van der Waals surface area contributed by atoms with Crippen molar-refractivity contribution in [1.82, 2.24) is 9.88 Å². The van der Waals surface area contributed by atoms with Gasteiger partial charge in [-0.2, -0.15) is 13.2 Å². The minimum absolute atomic E-state index is 0.127. The van der Waals surface area contributed by atoms with Crippen molar-refractivity contribution in [3.05, 3.63) is 81.3 Å². The van der Waals surface area contributed by atoms with Crippen LogP contribution in [0.4, 0.5) is 18.9 Å². The van der Waals surface area contributed by atoms with E-state index in [1.54, 1.807) is 0 Å². The number of aromatic nitrogens is 1. The average Bonchev–Trinajstić information content (AvgIpc) is 3.09. The third kappa shape index (κ3) is 6.40. The second kappa shape index (κ2) is 9.40. The van der Waals surface area contributed by atoms with Gasteiger partial charge in [-0.05, 0) is 43.8 Å². The van der Waals surface area contributed by atoms with Crippen LogP contribution in [0.3, 0.4) is 0 Å². The Hall–Kier alpha value is -2.71. The van der Waals surface area contributed by atoms with Gasteiger partial charge in [0, 0.05) is 24.2 Å². The Kier molecular flexibility index (Phi) is 6.89. The van der Waals surface area contributed by atoms with E-state index in [2.05, 4.69) is 10.3 Å². The number of carbonyl (C=O) groups excluding carboxylic acids is 1. The maximum absolute atomic E-state index is 12.7. The molecule has 2 aromatic carbocycles. The van der Waals surface area contributed by atoms with Crippen LogP contribution in [-0.4, -0.2) is 22.8 Å². The molecule has 0 fully saturated rings. The van der Waals surface area contributed by atoms with Crippen LogP contribution in [0.15, 0.2) is 53.9 Å². The number of hydrogen-bond acceptors (Lipinski definition) is 4. The molecule has 158 valence electrons. The average molecular weight is 433 g/mol. The smallest absolute Gasteiger partial charge is 0.326 e. The number of thiazole rings is 1. The summed E-state index contributed by atoms with van der Waals surface area (Å²) in [6, 6.07) is 12.7. The van der Waals surface area contributed by atoms with E-state index in [9.17, 15) is 18.0 Å². The highest BCUT2D eigenvalue weighted by atomic mass is 32.1. The van der Waals surface area contributed by atoms with Crippen LogP contribution in [0.25, 0.3) is 0 Å². The Morgan fingerprint density at radius 2 is 1.73 bits per heavy atom. The van der Waals surface area contributed by atoms with Crippen LogP contribution in [0, 0.1) is 6.92 Å². The molecule has 3 aromatic rings. The van der Waals surface area contributed by atoms with Gasteiger partial charge in [0.25, 0.3) is 0 Å². The fourth-order valence-electron chi connectivity index (χ4n) is 2.93. The van der Waals surface area contributed by atoms with Crippen molar-refractivity contribution >= 4 is 22.9 Å². The van der Waals surface area contributed by atoms with Crippen molar-refractivity contribution in [3.63, 3.8) is 0 Å². The normalized spacial score (nSPS) is 11.7. The molecule has 1 heterocycles. The first kappa shape index (κ1) is 22.0. The van der Waals surface area contributed by atoms with Crippen molar-refractivity contribution in [2.75, 3.05) is 12.4 Å². The van der Waals surface area contributed by atoms with Crippen LogP contribution >= 0.6 is 11.3 Å². The zero-order valence-corrected chi connectivity index (χ0v) is 17.5. The summed E-state index contributed by atoms with van der Waals surface area (Å²) in [6.45, 7) is 3.02. The summed E-state index contributed by atoms with van der Waals surface area (Å²) in [5, 5.41) is 5.47. The zero-order chi connectivity index (χ0) is 21.7. The van der Waals surface area contributed by atoms with Gasteiger partial charge in [-0.25, -0.2) is 4.98 Å². The number of nitrogens with zero attached hydrogens (tertiary/aromatic N) is 2. The molecular formula is C22H22F3N3OS. The van der Waals surface area contributed by atoms with E-state index in [-0.39, 0.29) is 12.3 Å². The van der Waals surface area contributed by atoms with E-state index in [0.717, 1.165) is 39.6 Å². The van der Waals surface area contributed by atoms with Gasteiger partial charge in [0.15, 0.2) is 0 Å². The van der Waals surface area contributed by atoms with E-state index in [1.807, 2.05) is 48.5 Å². The fraction of sp³-hybridized carbons (Fsp3) is 0.273. The highest BCUT2D eigenvalue weighted by molar-refractivity contribution is 7.09. The molecule has 0 unspecified atom stereocenters. The standard InChI is InChI=1S/C22H22F3N3OS/c1-15-3-9-18(10-4-15)26-20(29)11-21-27-19(14-30-21)13-28(2)12-16-5-7-17(8-6-16)22(23,24)25/h3-10,14H,11-13H2,1-2H3,(H,26,29). The molecule has 0 saturated carbocycles. The number of amides is 1. The molecular weight excluding hydrogens is 411 g/mol. The second-order valence-corrected chi connectivity index (χ2v) is 8.13. The quantitative estimate of drug-likeness (QED) is 0.551. The largest absolute Gasteiger partial charge is 0.416 e. The molecule has 1 aromatic heterocycles. The van der Waals surface area contributed by atoms with Crippen molar-refractivity contribution in [3.8, 4) is 0 Å². The lowest BCUT2D eigenvalue weighted by Gasteiger charge is -2.16. The maximum atomic E-state index is 12.7. The third-order valence-corrected chi connectivity index (χ3v) is 5.31. The Bertz CT molecular complexity index is 982. The van der Waals surface area contributed by atoms with Gasteiger partial charge >= 0.3 is 6.18 Å². The molecule has 1 amide bonds. The monoisotopic (exact) mass is 433 g/mol. The molecule has 0 spiro atoms. The zero-order valence-electron chi connectivity index (χ0n) is 16.7. The van der Waals surface area contributed by atoms with Crippen LogP contribution in [-0.2, 0) is 30.5 Å². The Morgan fingerprint density at radius 3 is 2.37 bits per heavy atom. The number of hydrogen-bond donors (Lipinski definition) is 1. The Morgan fingerprint density at radius 1 is 1.07 bits per heavy atom. The first-order valence-electron chi connectivity index (χ1n) is 9.33. The lowest BCUT2D eigenvalue weighted by Crippen LogP contribution is -2.18. The number of benzene rings is 2. The van der Waals surface area contributed by atoms with Gasteiger partial charge in [-0.15, -0.1) is 11.3 Å². The van der Waals surface area contributed by atoms with Gasteiger partial charge in [0.2, 0.25) is 5.91 Å². The summed E-state index contributed by atoms with van der Waals surface area (Å²) in [6.07, 6.45) is -4.13. The summed E-state index contributed by atoms with van der Waals surface area (Å²) < 4.78 is 38.0. The molecule has 0 bridgehead atoms. The first-order chi connectivity index (χ1) is 14.2. The molecule has 0 saturated heterocycles. The molecule has 0 aliphatic heterocycles. The molecule has 0 aliphatic carbocycles. The topological polar surface area (TPSA) is 45.2 Å².